The summed E-state index contributed by atoms with van der Waals surface area (Å²) in [6, 6.07) is 13.6. The zero-order valence-corrected chi connectivity index (χ0v) is 15.8. The first kappa shape index (κ1) is 18.2. The van der Waals surface area contributed by atoms with Gasteiger partial charge in [-0.3, -0.25) is 4.40 Å². The topological polar surface area (TPSA) is 62.5 Å². The molecule has 150 valence electrons. The van der Waals surface area contributed by atoms with Gasteiger partial charge in [-0.25, -0.2) is 23.5 Å². The van der Waals surface area contributed by atoms with Crippen LogP contribution < -0.4 is 5.32 Å². The molecule has 1 fully saturated rings. The fraction of sp³-hybridized carbons (Fsp3) is 0.136. The van der Waals surface area contributed by atoms with Crippen molar-refractivity contribution >= 4 is 17.5 Å². The van der Waals surface area contributed by atoms with Crippen molar-refractivity contribution in [2.24, 2.45) is 0 Å². The molecule has 30 heavy (non-hydrogen) atoms. The summed E-state index contributed by atoms with van der Waals surface area (Å²) in [6.45, 7) is 0.142. The van der Waals surface area contributed by atoms with E-state index in [9.17, 15) is 13.6 Å². The third-order valence-corrected chi connectivity index (χ3v) is 5.03. The van der Waals surface area contributed by atoms with Gasteiger partial charge < -0.3 is 10.2 Å². The first-order chi connectivity index (χ1) is 14.6. The normalized spacial score (nSPS) is 14.0. The maximum Gasteiger partial charge on any atom is 0.322 e. The first-order valence-electron chi connectivity index (χ1n) is 9.47. The number of urea groups is 1. The maximum absolute atomic E-state index is 14.5. The average molecular weight is 405 g/mol. The quantitative estimate of drug-likeness (QED) is 0.550. The Morgan fingerprint density at radius 2 is 1.87 bits per heavy atom. The smallest absolute Gasteiger partial charge is 0.319 e. The zero-order chi connectivity index (χ0) is 20.7. The minimum atomic E-state index is -0.981. The van der Waals surface area contributed by atoms with Crippen molar-refractivity contribution < 1.29 is 13.6 Å². The van der Waals surface area contributed by atoms with Crippen LogP contribution in [0.15, 0.2) is 67.1 Å². The number of hydrogen-bond acceptors (Lipinski definition) is 3. The number of alkyl halides is 1. The van der Waals surface area contributed by atoms with E-state index in [0.717, 1.165) is 11.1 Å². The molecule has 2 amide bonds. The molecular weight excluding hydrogens is 388 g/mol. The standard InChI is InChI=1S/C22H17F2N5O/c23-16-11-29(12-16)22(30)26-17-6-7-19(24)18(8-17)20-13-28-10-15(9-25-21(28)27-20)14-4-2-1-3-5-14/h1-10,13,16H,11-12H2,(H,26,30). The van der Waals surface area contributed by atoms with Gasteiger partial charge in [-0.2, -0.15) is 0 Å². The first-order valence-corrected chi connectivity index (χ1v) is 9.47. The second-order valence-corrected chi connectivity index (χ2v) is 7.17. The van der Waals surface area contributed by atoms with E-state index < -0.39 is 18.0 Å². The van der Waals surface area contributed by atoms with Gasteiger partial charge in [-0.05, 0) is 23.8 Å². The largest absolute Gasteiger partial charge is 0.322 e. The van der Waals surface area contributed by atoms with Crippen LogP contribution in [0.1, 0.15) is 0 Å². The molecular formula is C22H17F2N5O. The molecule has 0 saturated carbocycles. The van der Waals surface area contributed by atoms with Gasteiger partial charge in [0.2, 0.25) is 5.78 Å². The van der Waals surface area contributed by atoms with Gasteiger partial charge in [-0.15, -0.1) is 0 Å². The third kappa shape index (κ3) is 3.36. The van der Waals surface area contributed by atoms with Crippen molar-refractivity contribution in [2.45, 2.75) is 6.17 Å². The molecule has 0 spiro atoms. The zero-order valence-electron chi connectivity index (χ0n) is 15.8. The lowest BCUT2D eigenvalue weighted by molar-refractivity contribution is 0.0974. The van der Waals surface area contributed by atoms with Crippen LogP contribution in [0.3, 0.4) is 0 Å². The van der Waals surface area contributed by atoms with Gasteiger partial charge in [0.15, 0.2) is 0 Å². The minimum absolute atomic E-state index is 0.0712. The molecule has 1 N–H and O–H groups in total. The van der Waals surface area contributed by atoms with E-state index in [1.165, 1.54) is 23.1 Å². The van der Waals surface area contributed by atoms with E-state index >= 15 is 0 Å². The van der Waals surface area contributed by atoms with Crippen molar-refractivity contribution in [3.8, 4) is 22.4 Å². The Labute approximate surface area is 170 Å². The lowest BCUT2D eigenvalue weighted by Crippen LogP contribution is -2.53. The van der Waals surface area contributed by atoms with Gasteiger partial charge >= 0.3 is 6.03 Å². The van der Waals surface area contributed by atoms with Crippen LogP contribution in [0, 0.1) is 5.82 Å². The molecule has 5 rings (SSSR count). The van der Waals surface area contributed by atoms with Crippen LogP contribution in [0.2, 0.25) is 0 Å². The van der Waals surface area contributed by atoms with Crippen LogP contribution in [0.5, 0.6) is 0 Å². The molecule has 2 aromatic heterocycles. The SMILES string of the molecule is O=C(Nc1ccc(F)c(-c2cn3cc(-c4ccccc4)cnc3n2)c1)N1CC(F)C1. The van der Waals surface area contributed by atoms with Crippen LogP contribution in [-0.2, 0) is 0 Å². The van der Waals surface area contributed by atoms with E-state index in [-0.39, 0.29) is 18.7 Å². The predicted octanol–water partition coefficient (Wildman–Crippen LogP) is 4.39. The number of halogens is 2. The number of fused-ring (bicyclic) bond motifs is 1. The highest BCUT2D eigenvalue weighted by molar-refractivity contribution is 5.90. The number of amides is 2. The number of likely N-dealkylation sites (tertiary alicyclic amines) is 1. The molecule has 1 aliphatic rings. The maximum atomic E-state index is 14.5. The molecule has 0 atom stereocenters. The second-order valence-electron chi connectivity index (χ2n) is 7.17. The Bertz CT molecular complexity index is 1240. The second kappa shape index (κ2) is 7.22. The highest BCUT2D eigenvalue weighted by Gasteiger charge is 2.30. The minimum Gasteiger partial charge on any atom is -0.319 e. The molecule has 2 aromatic carbocycles. The van der Waals surface area contributed by atoms with E-state index in [4.69, 9.17) is 0 Å². The number of hydrogen-bond donors (Lipinski definition) is 1. The van der Waals surface area contributed by atoms with Crippen molar-refractivity contribution in [1.82, 2.24) is 19.3 Å². The monoisotopic (exact) mass is 405 g/mol. The highest BCUT2D eigenvalue weighted by atomic mass is 19.1. The fourth-order valence-corrected chi connectivity index (χ4v) is 3.39. The van der Waals surface area contributed by atoms with Gasteiger partial charge in [0.25, 0.3) is 0 Å². The number of carbonyl (C=O) groups excluding carboxylic acids is 1. The molecule has 1 aliphatic heterocycles. The van der Waals surface area contributed by atoms with Crippen molar-refractivity contribution in [1.29, 1.82) is 0 Å². The molecule has 3 heterocycles. The summed E-state index contributed by atoms with van der Waals surface area (Å²) in [5.41, 5.74) is 2.98. The Hall–Kier alpha value is -3.81. The molecule has 1 saturated heterocycles. The Balaban J connectivity index is 1.45. The van der Waals surface area contributed by atoms with Crippen LogP contribution in [0.4, 0.5) is 19.3 Å². The number of aromatic nitrogens is 3. The van der Waals surface area contributed by atoms with Crippen LogP contribution in [0.25, 0.3) is 28.2 Å². The highest BCUT2D eigenvalue weighted by Crippen LogP contribution is 2.27. The van der Waals surface area contributed by atoms with Crippen molar-refractivity contribution in [3.05, 3.63) is 72.9 Å². The summed E-state index contributed by atoms with van der Waals surface area (Å²) in [7, 11) is 0. The van der Waals surface area contributed by atoms with E-state index in [1.54, 1.807) is 16.8 Å². The van der Waals surface area contributed by atoms with Gasteiger partial charge in [-0.1, -0.05) is 30.3 Å². The number of nitrogens with zero attached hydrogens (tertiary/aromatic N) is 4. The van der Waals surface area contributed by atoms with Crippen molar-refractivity contribution in [2.75, 3.05) is 18.4 Å². The Morgan fingerprint density at radius 1 is 1.07 bits per heavy atom. The van der Waals surface area contributed by atoms with Gasteiger partial charge in [0.1, 0.15) is 12.0 Å². The van der Waals surface area contributed by atoms with Crippen LogP contribution in [-0.4, -0.2) is 44.6 Å². The molecule has 0 aliphatic carbocycles. The molecule has 0 radical (unpaired) electrons. The predicted molar refractivity (Wildman–Crippen MR) is 109 cm³/mol. The molecule has 0 bridgehead atoms. The summed E-state index contributed by atoms with van der Waals surface area (Å²) in [4.78, 5) is 22.2. The number of benzene rings is 2. The number of carbonyl (C=O) groups is 1. The summed E-state index contributed by atoms with van der Waals surface area (Å²) >= 11 is 0. The Morgan fingerprint density at radius 3 is 2.63 bits per heavy atom. The molecule has 8 heteroatoms. The van der Waals surface area contributed by atoms with Gasteiger partial charge in [0.05, 0.1) is 18.8 Å². The summed E-state index contributed by atoms with van der Waals surface area (Å²) in [6.07, 6.45) is 4.32. The lowest BCUT2D eigenvalue weighted by atomic mass is 10.1. The lowest BCUT2D eigenvalue weighted by Gasteiger charge is -2.34. The van der Waals surface area contributed by atoms with E-state index in [1.807, 2.05) is 36.5 Å². The summed E-state index contributed by atoms with van der Waals surface area (Å²) in [5.74, 6) is -0.0273. The third-order valence-electron chi connectivity index (χ3n) is 5.03. The number of rotatable bonds is 3. The Kier molecular flexibility index (Phi) is 4.39. The van der Waals surface area contributed by atoms with Crippen LogP contribution >= 0.6 is 0 Å². The van der Waals surface area contributed by atoms with Crippen molar-refractivity contribution in [3.63, 3.8) is 0 Å². The average Bonchev–Trinajstić information content (AvgIpc) is 3.16. The molecule has 6 nitrogen and oxygen atoms in total. The fourth-order valence-electron chi connectivity index (χ4n) is 3.39. The number of imidazole rings is 1. The molecule has 4 aromatic rings. The number of nitrogens with one attached hydrogen (secondary N) is 1. The summed E-state index contributed by atoms with van der Waals surface area (Å²) in [5, 5.41) is 2.67. The van der Waals surface area contributed by atoms with Gasteiger partial charge in [0, 0.05) is 35.4 Å². The molecule has 0 unspecified atom stereocenters. The van der Waals surface area contributed by atoms with E-state index in [0.29, 0.717) is 17.2 Å². The van der Waals surface area contributed by atoms with E-state index in [2.05, 4.69) is 15.3 Å². The number of anilines is 1. The summed E-state index contributed by atoms with van der Waals surface area (Å²) < 4.78 is 29.2.